The van der Waals surface area contributed by atoms with Crippen LogP contribution in [0.15, 0.2) is 134 Å². The van der Waals surface area contributed by atoms with E-state index < -0.39 is 0 Å². The van der Waals surface area contributed by atoms with Crippen LogP contribution in [0.3, 0.4) is 0 Å². The molecule has 5 aromatic carbocycles. The number of rotatable bonds is 3. The zero-order valence-corrected chi connectivity index (χ0v) is 21.0. The van der Waals surface area contributed by atoms with Crippen LogP contribution in [0, 0.1) is 0 Å². The summed E-state index contributed by atoms with van der Waals surface area (Å²) >= 11 is 0. The van der Waals surface area contributed by atoms with Gasteiger partial charge in [-0.3, -0.25) is 4.98 Å². The average molecular weight is 499 g/mol. The number of pyridine rings is 1. The zero-order chi connectivity index (χ0) is 25.8. The van der Waals surface area contributed by atoms with E-state index in [1.165, 1.54) is 43.7 Å². The SMILES string of the molecule is c1ccc(-c2ccc3c(c2)c2ccccc2n3-c2ccc3cc(-c4ccnc5cncnc45)ccc3c2)cc1. The van der Waals surface area contributed by atoms with Crippen LogP contribution in [-0.2, 0) is 0 Å². The monoisotopic (exact) mass is 498 g/mol. The van der Waals surface area contributed by atoms with Crippen LogP contribution in [0.1, 0.15) is 0 Å². The van der Waals surface area contributed by atoms with E-state index in [4.69, 9.17) is 0 Å². The first kappa shape index (κ1) is 21.7. The Morgan fingerprint density at radius 2 is 1.33 bits per heavy atom. The predicted octanol–water partition coefficient (Wildman–Crippen LogP) is 8.61. The van der Waals surface area contributed by atoms with Crippen molar-refractivity contribution in [2.45, 2.75) is 0 Å². The van der Waals surface area contributed by atoms with E-state index in [2.05, 4.69) is 129 Å². The molecule has 0 saturated carbocycles. The number of nitrogens with zero attached hydrogens (tertiary/aromatic N) is 4. The Morgan fingerprint density at radius 1 is 0.538 bits per heavy atom. The molecule has 0 fully saturated rings. The Morgan fingerprint density at radius 3 is 2.28 bits per heavy atom. The lowest BCUT2D eigenvalue weighted by molar-refractivity contribution is 1.19. The lowest BCUT2D eigenvalue weighted by Crippen LogP contribution is -1.94. The Balaban J connectivity index is 1.29. The molecule has 4 heteroatoms. The van der Waals surface area contributed by atoms with Gasteiger partial charge in [0, 0.05) is 28.2 Å². The summed E-state index contributed by atoms with van der Waals surface area (Å²) in [5, 5.41) is 4.89. The second kappa shape index (κ2) is 8.61. The van der Waals surface area contributed by atoms with Crippen LogP contribution >= 0.6 is 0 Å². The summed E-state index contributed by atoms with van der Waals surface area (Å²) in [7, 11) is 0. The second-order valence-corrected chi connectivity index (χ2v) is 9.81. The number of para-hydroxylation sites is 1. The number of fused-ring (bicyclic) bond motifs is 5. The molecule has 0 bridgehead atoms. The van der Waals surface area contributed by atoms with E-state index in [0.717, 1.165) is 27.8 Å². The van der Waals surface area contributed by atoms with Gasteiger partial charge in [-0.1, -0.05) is 72.8 Å². The normalized spacial score (nSPS) is 11.6. The molecule has 0 atom stereocenters. The summed E-state index contributed by atoms with van der Waals surface area (Å²) in [5.74, 6) is 0. The molecule has 0 aliphatic heterocycles. The maximum absolute atomic E-state index is 4.49. The van der Waals surface area contributed by atoms with Crippen molar-refractivity contribution in [1.29, 1.82) is 0 Å². The summed E-state index contributed by atoms with van der Waals surface area (Å²) < 4.78 is 2.38. The van der Waals surface area contributed by atoms with Crippen LogP contribution in [0.2, 0.25) is 0 Å². The highest BCUT2D eigenvalue weighted by Gasteiger charge is 2.14. The van der Waals surface area contributed by atoms with Crippen molar-refractivity contribution in [3.63, 3.8) is 0 Å². The minimum Gasteiger partial charge on any atom is -0.309 e. The van der Waals surface area contributed by atoms with Gasteiger partial charge in [-0.2, -0.15) is 0 Å². The third-order valence-electron chi connectivity index (χ3n) is 7.58. The van der Waals surface area contributed by atoms with Crippen molar-refractivity contribution < 1.29 is 0 Å². The molecule has 3 heterocycles. The highest BCUT2D eigenvalue weighted by Crippen LogP contribution is 2.36. The Bertz CT molecular complexity index is 2170. The van der Waals surface area contributed by atoms with Gasteiger partial charge in [-0.15, -0.1) is 0 Å². The molecule has 0 unspecified atom stereocenters. The quantitative estimate of drug-likeness (QED) is 0.245. The second-order valence-electron chi connectivity index (χ2n) is 9.81. The summed E-state index contributed by atoms with van der Waals surface area (Å²) in [4.78, 5) is 13.0. The molecule has 0 aliphatic carbocycles. The molecule has 0 N–H and O–H groups in total. The van der Waals surface area contributed by atoms with Crippen molar-refractivity contribution in [1.82, 2.24) is 19.5 Å². The van der Waals surface area contributed by atoms with E-state index in [1.54, 1.807) is 12.5 Å². The van der Waals surface area contributed by atoms with Crippen LogP contribution in [-0.4, -0.2) is 19.5 Å². The van der Waals surface area contributed by atoms with E-state index in [9.17, 15) is 0 Å². The first-order valence-electron chi connectivity index (χ1n) is 13.0. The molecule has 0 saturated heterocycles. The fourth-order valence-electron chi connectivity index (χ4n) is 5.73. The highest BCUT2D eigenvalue weighted by molar-refractivity contribution is 6.10. The van der Waals surface area contributed by atoms with Gasteiger partial charge in [0.25, 0.3) is 0 Å². The minimum atomic E-state index is 0.798. The molecule has 0 spiro atoms. The van der Waals surface area contributed by atoms with Gasteiger partial charge in [-0.05, 0) is 69.9 Å². The summed E-state index contributed by atoms with van der Waals surface area (Å²) in [6.07, 6.45) is 5.16. The van der Waals surface area contributed by atoms with Crippen LogP contribution in [0.4, 0.5) is 0 Å². The van der Waals surface area contributed by atoms with Gasteiger partial charge in [0.2, 0.25) is 0 Å². The molecule has 39 heavy (non-hydrogen) atoms. The summed E-state index contributed by atoms with van der Waals surface area (Å²) in [6, 6.07) is 41.4. The van der Waals surface area contributed by atoms with Crippen molar-refractivity contribution in [2.24, 2.45) is 0 Å². The third-order valence-corrected chi connectivity index (χ3v) is 7.58. The van der Waals surface area contributed by atoms with E-state index in [0.29, 0.717) is 0 Å². The molecule has 182 valence electrons. The topological polar surface area (TPSA) is 43.6 Å². The molecule has 4 nitrogen and oxygen atoms in total. The number of hydrogen-bond acceptors (Lipinski definition) is 3. The Labute approximate surface area is 224 Å². The Hall–Kier alpha value is -5.35. The molecule has 3 aromatic heterocycles. The zero-order valence-electron chi connectivity index (χ0n) is 21.0. The van der Waals surface area contributed by atoms with Gasteiger partial charge in [-0.25, -0.2) is 9.97 Å². The van der Waals surface area contributed by atoms with Crippen molar-refractivity contribution >= 4 is 43.6 Å². The molecule has 8 rings (SSSR count). The first-order valence-corrected chi connectivity index (χ1v) is 13.0. The summed E-state index contributed by atoms with van der Waals surface area (Å²) in [5.41, 5.74) is 9.85. The molecular formula is C35H22N4. The highest BCUT2D eigenvalue weighted by atomic mass is 15.0. The van der Waals surface area contributed by atoms with Crippen molar-refractivity contribution in [3.8, 4) is 27.9 Å². The number of hydrogen-bond donors (Lipinski definition) is 0. The van der Waals surface area contributed by atoms with Crippen LogP contribution < -0.4 is 0 Å². The molecule has 0 radical (unpaired) electrons. The van der Waals surface area contributed by atoms with Gasteiger partial charge < -0.3 is 4.57 Å². The third kappa shape index (κ3) is 3.50. The lowest BCUT2D eigenvalue weighted by Gasteiger charge is -2.11. The number of benzene rings is 5. The molecule has 8 aromatic rings. The van der Waals surface area contributed by atoms with Gasteiger partial charge in [0.05, 0.1) is 22.7 Å². The van der Waals surface area contributed by atoms with Gasteiger partial charge in [0.15, 0.2) is 0 Å². The average Bonchev–Trinajstić information content (AvgIpc) is 3.34. The lowest BCUT2D eigenvalue weighted by atomic mass is 10.0. The minimum absolute atomic E-state index is 0.798. The van der Waals surface area contributed by atoms with Crippen molar-refractivity contribution in [2.75, 3.05) is 0 Å². The van der Waals surface area contributed by atoms with E-state index in [1.807, 2.05) is 12.3 Å². The Kier molecular flexibility index (Phi) is 4.79. The van der Waals surface area contributed by atoms with Crippen LogP contribution in [0.25, 0.3) is 71.6 Å². The molecular weight excluding hydrogens is 476 g/mol. The standard InChI is InChI=1S/C35H22N4/c1-2-6-23(7-3-1)26-13-15-34-31(20-26)30-8-4-5-9-33(30)39(34)28-14-12-24-18-27(11-10-25(24)19-28)29-16-17-37-32-21-36-22-38-35(29)32/h1-22H. The molecule has 0 aliphatic rings. The predicted molar refractivity (Wildman–Crippen MR) is 160 cm³/mol. The fraction of sp³-hybridized carbons (Fsp3) is 0. The first-order chi connectivity index (χ1) is 19.3. The maximum atomic E-state index is 4.49. The van der Waals surface area contributed by atoms with Gasteiger partial charge >= 0.3 is 0 Å². The smallest absolute Gasteiger partial charge is 0.116 e. The summed E-state index contributed by atoms with van der Waals surface area (Å²) in [6.45, 7) is 0. The van der Waals surface area contributed by atoms with E-state index in [-0.39, 0.29) is 0 Å². The van der Waals surface area contributed by atoms with Crippen molar-refractivity contribution in [3.05, 3.63) is 134 Å². The van der Waals surface area contributed by atoms with Gasteiger partial charge in [0.1, 0.15) is 11.8 Å². The fourth-order valence-corrected chi connectivity index (χ4v) is 5.73. The van der Waals surface area contributed by atoms with Crippen LogP contribution in [0.5, 0.6) is 0 Å². The largest absolute Gasteiger partial charge is 0.309 e. The van der Waals surface area contributed by atoms with E-state index >= 15 is 0 Å². The maximum Gasteiger partial charge on any atom is 0.116 e. The number of aromatic nitrogens is 4. The molecule has 0 amide bonds.